The van der Waals surface area contributed by atoms with Gasteiger partial charge in [0.1, 0.15) is 0 Å². The number of hydrogen-bond donors (Lipinski definition) is 1. The van der Waals surface area contributed by atoms with Gasteiger partial charge >= 0.3 is 0 Å². The first kappa shape index (κ1) is 10.6. The Hall–Kier alpha value is -0.930. The van der Waals surface area contributed by atoms with Crippen molar-refractivity contribution < 1.29 is 0 Å². The zero-order valence-electron chi connectivity index (χ0n) is 8.33. The van der Waals surface area contributed by atoms with Crippen molar-refractivity contribution in [1.82, 2.24) is 4.98 Å². The Morgan fingerprint density at radius 2 is 2.27 bits per heavy atom. The Kier molecular flexibility index (Phi) is 3.03. The van der Waals surface area contributed by atoms with E-state index in [1.165, 1.54) is 0 Å². The molecule has 0 aliphatic rings. The van der Waals surface area contributed by atoms with E-state index in [0.717, 1.165) is 27.2 Å². The lowest BCUT2D eigenvalue weighted by Crippen LogP contribution is -1.92. The third-order valence-electron chi connectivity index (χ3n) is 2.10. The van der Waals surface area contributed by atoms with Gasteiger partial charge in [-0.15, -0.1) is 11.8 Å². The maximum Gasteiger partial charge on any atom is 0.0715 e. The molecular weight excluding hydrogens is 228 g/mol. The summed E-state index contributed by atoms with van der Waals surface area (Å²) >= 11 is 7.68. The number of fused-ring (bicyclic) bond motifs is 1. The number of nitrogens with zero attached hydrogens (tertiary/aromatic N) is 1. The average molecular weight is 239 g/mol. The highest BCUT2D eigenvalue weighted by atomic mass is 35.5. The van der Waals surface area contributed by atoms with Crippen LogP contribution in [-0.2, 0) is 0 Å². The molecule has 4 heteroatoms. The molecule has 0 amide bonds. The van der Waals surface area contributed by atoms with E-state index in [-0.39, 0.29) is 0 Å². The molecule has 0 aliphatic carbocycles. The summed E-state index contributed by atoms with van der Waals surface area (Å²) in [7, 11) is 0. The SMILES string of the molecule is CCSc1c(N)cnc2ccc(Cl)cc12. The fourth-order valence-electron chi connectivity index (χ4n) is 1.46. The van der Waals surface area contributed by atoms with Crippen LogP contribution in [0.15, 0.2) is 29.3 Å². The molecule has 2 aromatic rings. The Balaban J connectivity index is 2.72. The standard InChI is InChI=1S/C11H11ClN2S/c1-2-15-11-8-5-7(12)3-4-10(8)14-6-9(11)13/h3-6H,2,13H2,1H3. The maximum atomic E-state index is 5.97. The second-order valence-electron chi connectivity index (χ2n) is 3.14. The van der Waals surface area contributed by atoms with Gasteiger partial charge < -0.3 is 5.73 Å². The van der Waals surface area contributed by atoms with Crippen LogP contribution in [0, 0.1) is 0 Å². The summed E-state index contributed by atoms with van der Waals surface area (Å²) in [5, 5.41) is 1.75. The summed E-state index contributed by atoms with van der Waals surface area (Å²) in [5.41, 5.74) is 7.55. The maximum absolute atomic E-state index is 5.97. The first-order chi connectivity index (χ1) is 7.22. The van der Waals surface area contributed by atoms with Crippen molar-refractivity contribution >= 4 is 40.0 Å². The Morgan fingerprint density at radius 1 is 1.47 bits per heavy atom. The number of thioether (sulfide) groups is 1. The molecule has 0 aliphatic heterocycles. The molecule has 1 aromatic heterocycles. The lowest BCUT2D eigenvalue weighted by molar-refractivity contribution is 1.35. The van der Waals surface area contributed by atoms with Crippen molar-refractivity contribution in [3.05, 3.63) is 29.4 Å². The molecule has 0 fully saturated rings. The molecule has 1 aromatic carbocycles. The topological polar surface area (TPSA) is 38.9 Å². The van der Waals surface area contributed by atoms with Gasteiger partial charge in [0.05, 0.1) is 17.4 Å². The molecule has 2 N–H and O–H groups in total. The summed E-state index contributed by atoms with van der Waals surface area (Å²) in [6.45, 7) is 2.10. The molecule has 15 heavy (non-hydrogen) atoms. The zero-order chi connectivity index (χ0) is 10.8. The van der Waals surface area contributed by atoms with Crippen LogP contribution in [0.4, 0.5) is 5.69 Å². The summed E-state index contributed by atoms with van der Waals surface area (Å²) < 4.78 is 0. The fourth-order valence-corrected chi connectivity index (χ4v) is 2.46. The highest BCUT2D eigenvalue weighted by Gasteiger charge is 2.06. The van der Waals surface area contributed by atoms with E-state index in [9.17, 15) is 0 Å². The van der Waals surface area contributed by atoms with Gasteiger partial charge in [-0.2, -0.15) is 0 Å². The molecule has 2 rings (SSSR count). The number of benzene rings is 1. The fraction of sp³-hybridized carbons (Fsp3) is 0.182. The smallest absolute Gasteiger partial charge is 0.0715 e. The molecule has 1 heterocycles. The summed E-state index contributed by atoms with van der Waals surface area (Å²) in [5.74, 6) is 0.982. The summed E-state index contributed by atoms with van der Waals surface area (Å²) in [4.78, 5) is 5.34. The number of anilines is 1. The number of hydrogen-bond acceptors (Lipinski definition) is 3. The number of nitrogens with two attached hydrogens (primary N) is 1. The van der Waals surface area contributed by atoms with Crippen molar-refractivity contribution in [2.45, 2.75) is 11.8 Å². The van der Waals surface area contributed by atoms with Gasteiger partial charge in [0.25, 0.3) is 0 Å². The van der Waals surface area contributed by atoms with Crippen molar-refractivity contribution in [3.63, 3.8) is 0 Å². The Labute approximate surface area is 97.8 Å². The number of rotatable bonds is 2. The first-order valence-corrected chi connectivity index (χ1v) is 6.05. The molecule has 0 radical (unpaired) electrons. The molecule has 0 saturated carbocycles. The normalized spacial score (nSPS) is 10.8. The Morgan fingerprint density at radius 3 is 3.00 bits per heavy atom. The molecular formula is C11H11ClN2S. The summed E-state index contributed by atoms with van der Waals surface area (Å²) in [6, 6.07) is 5.67. The van der Waals surface area contributed by atoms with E-state index >= 15 is 0 Å². The van der Waals surface area contributed by atoms with E-state index in [1.807, 2.05) is 18.2 Å². The lowest BCUT2D eigenvalue weighted by Gasteiger charge is -2.07. The van der Waals surface area contributed by atoms with E-state index in [2.05, 4.69) is 11.9 Å². The largest absolute Gasteiger partial charge is 0.397 e. The van der Waals surface area contributed by atoms with Crippen LogP contribution in [0.5, 0.6) is 0 Å². The average Bonchev–Trinajstić information content (AvgIpc) is 2.23. The second-order valence-corrected chi connectivity index (χ2v) is 4.85. The van der Waals surface area contributed by atoms with Gasteiger partial charge in [-0.25, -0.2) is 0 Å². The van der Waals surface area contributed by atoms with E-state index in [4.69, 9.17) is 17.3 Å². The molecule has 0 unspecified atom stereocenters. The predicted octanol–water partition coefficient (Wildman–Crippen LogP) is 3.58. The second kappa shape index (κ2) is 4.29. The van der Waals surface area contributed by atoms with Crippen LogP contribution in [0.1, 0.15) is 6.92 Å². The predicted molar refractivity (Wildman–Crippen MR) is 67.6 cm³/mol. The molecule has 0 saturated heterocycles. The van der Waals surface area contributed by atoms with Crippen LogP contribution in [0.3, 0.4) is 0 Å². The van der Waals surface area contributed by atoms with Crippen LogP contribution in [0.2, 0.25) is 5.02 Å². The van der Waals surface area contributed by atoms with Crippen molar-refractivity contribution in [1.29, 1.82) is 0 Å². The molecule has 2 nitrogen and oxygen atoms in total. The van der Waals surface area contributed by atoms with Crippen LogP contribution in [-0.4, -0.2) is 10.7 Å². The number of pyridine rings is 1. The van der Waals surface area contributed by atoms with Crippen LogP contribution in [0.25, 0.3) is 10.9 Å². The van der Waals surface area contributed by atoms with E-state index < -0.39 is 0 Å². The third kappa shape index (κ3) is 2.03. The molecule has 78 valence electrons. The summed E-state index contributed by atoms with van der Waals surface area (Å²) in [6.07, 6.45) is 1.70. The highest BCUT2D eigenvalue weighted by Crippen LogP contribution is 2.33. The third-order valence-corrected chi connectivity index (χ3v) is 3.36. The van der Waals surface area contributed by atoms with Crippen LogP contribution < -0.4 is 5.73 Å². The van der Waals surface area contributed by atoms with Gasteiger partial charge in [-0.1, -0.05) is 18.5 Å². The zero-order valence-corrected chi connectivity index (χ0v) is 9.90. The van der Waals surface area contributed by atoms with Gasteiger partial charge in [0.15, 0.2) is 0 Å². The Bertz CT molecular complexity index is 494. The minimum atomic E-state index is 0.716. The number of aromatic nitrogens is 1. The minimum absolute atomic E-state index is 0.716. The molecule has 0 atom stereocenters. The van der Waals surface area contributed by atoms with Crippen molar-refractivity contribution in [2.75, 3.05) is 11.5 Å². The first-order valence-electron chi connectivity index (χ1n) is 4.69. The quantitative estimate of drug-likeness (QED) is 0.813. The lowest BCUT2D eigenvalue weighted by atomic mass is 10.2. The highest BCUT2D eigenvalue weighted by molar-refractivity contribution is 7.99. The number of nitrogen functional groups attached to an aromatic ring is 1. The van der Waals surface area contributed by atoms with Crippen molar-refractivity contribution in [3.8, 4) is 0 Å². The van der Waals surface area contributed by atoms with Gasteiger partial charge in [0.2, 0.25) is 0 Å². The van der Waals surface area contributed by atoms with Crippen molar-refractivity contribution in [2.24, 2.45) is 0 Å². The molecule has 0 bridgehead atoms. The van der Waals surface area contributed by atoms with Gasteiger partial charge in [-0.05, 0) is 24.0 Å². The minimum Gasteiger partial charge on any atom is -0.397 e. The van der Waals surface area contributed by atoms with Gasteiger partial charge in [-0.3, -0.25) is 4.98 Å². The molecule has 0 spiro atoms. The number of halogens is 1. The van der Waals surface area contributed by atoms with Gasteiger partial charge in [0, 0.05) is 15.3 Å². The van der Waals surface area contributed by atoms with E-state index in [1.54, 1.807) is 18.0 Å². The monoisotopic (exact) mass is 238 g/mol. The van der Waals surface area contributed by atoms with Crippen LogP contribution >= 0.6 is 23.4 Å². The van der Waals surface area contributed by atoms with E-state index in [0.29, 0.717) is 5.02 Å².